The Morgan fingerprint density at radius 2 is 2.03 bits per heavy atom. The Kier molecular flexibility index (Phi) is 7.50. The number of ether oxygens (including phenoxy) is 1. The molecule has 3 rings (SSSR count). The van der Waals surface area contributed by atoms with Crippen LogP contribution in [0.5, 0.6) is 0 Å². The van der Waals surface area contributed by atoms with Crippen molar-refractivity contribution < 1.29 is 19.1 Å². The standard InChI is InChI=1S/C21H23N5O4S/c1-14(2)19-16(12-24-26(19)17-7-3-4-9-22-17)20(28)30-13-18(27)25-21(29)23-10-8-15-6-5-11-31-15/h3-7,9,11-12,14H,8,10,13H2,1-2H3,(H2,23,25,27,29). The molecule has 3 aromatic rings. The fourth-order valence-electron chi connectivity index (χ4n) is 2.90. The smallest absolute Gasteiger partial charge is 0.342 e. The number of urea groups is 1. The van der Waals surface area contributed by atoms with Gasteiger partial charge in [0.05, 0.1) is 11.9 Å². The molecule has 3 amide bonds. The maximum absolute atomic E-state index is 12.5. The highest BCUT2D eigenvalue weighted by molar-refractivity contribution is 7.09. The van der Waals surface area contributed by atoms with E-state index in [9.17, 15) is 14.4 Å². The van der Waals surface area contributed by atoms with E-state index in [-0.39, 0.29) is 11.5 Å². The maximum Gasteiger partial charge on any atom is 0.342 e. The minimum Gasteiger partial charge on any atom is -0.452 e. The third-order valence-corrected chi connectivity index (χ3v) is 5.20. The van der Waals surface area contributed by atoms with E-state index in [2.05, 4.69) is 20.7 Å². The molecule has 0 aliphatic rings. The van der Waals surface area contributed by atoms with Crippen LogP contribution in [0.4, 0.5) is 4.79 Å². The normalized spacial score (nSPS) is 10.7. The molecule has 162 valence electrons. The van der Waals surface area contributed by atoms with Gasteiger partial charge >= 0.3 is 12.0 Å². The molecule has 0 aromatic carbocycles. The first-order valence-corrected chi connectivity index (χ1v) is 10.6. The molecule has 0 spiro atoms. The Morgan fingerprint density at radius 1 is 1.19 bits per heavy atom. The predicted octanol–water partition coefficient (Wildman–Crippen LogP) is 2.68. The maximum atomic E-state index is 12.5. The molecule has 0 saturated carbocycles. The number of pyridine rings is 1. The summed E-state index contributed by atoms with van der Waals surface area (Å²) in [6.45, 7) is 3.65. The zero-order chi connectivity index (χ0) is 22.2. The number of nitrogens with zero attached hydrogens (tertiary/aromatic N) is 3. The molecule has 10 heteroatoms. The van der Waals surface area contributed by atoms with E-state index in [1.54, 1.807) is 34.3 Å². The summed E-state index contributed by atoms with van der Waals surface area (Å²) >= 11 is 1.59. The van der Waals surface area contributed by atoms with Crippen LogP contribution >= 0.6 is 11.3 Å². The van der Waals surface area contributed by atoms with Crippen molar-refractivity contribution in [2.45, 2.75) is 26.2 Å². The molecule has 0 bridgehead atoms. The number of aromatic nitrogens is 3. The average Bonchev–Trinajstić information content (AvgIpc) is 3.42. The van der Waals surface area contributed by atoms with Crippen molar-refractivity contribution >= 4 is 29.2 Å². The van der Waals surface area contributed by atoms with Crippen molar-refractivity contribution in [3.63, 3.8) is 0 Å². The summed E-state index contributed by atoms with van der Waals surface area (Å²) in [5.41, 5.74) is 0.865. The van der Waals surface area contributed by atoms with Gasteiger partial charge in [0, 0.05) is 17.6 Å². The minimum absolute atomic E-state index is 0.0463. The Balaban J connectivity index is 1.52. The van der Waals surface area contributed by atoms with Gasteiger partial charge in [-0.3, -0.25) is 10.1 Å². The molecule has 3 heterocycles. The SMILES string of the molecule is CC(C)c1c(C(=O)OCC(=O)NC(=O)NCCc2cccs2)cnn1-c1ccccn1. The number of amides is 3. The Labute approximate surface area is 183 Å². The highest BCUT2D eigenvalue weighted by Gasteiger charge is 2.23. The number of esters is 1. The van der Waals surface area contributed by atoms with Crippen LogP contribution < -0.4 is 10.6 Å². The van der Waals surface area contributed by atoms with Crippen LogP contribution in [0.1, 0.15) is 40.7 Å². The summed E-state index contributed by atoms with van der Waals surface area (Å²) in [7, 11) is 0. The van der Waals surface area contributed by atoms with E-state index in [0.29, 0.717) is 24.5 Å². The summed E-state index contributed by atoms with van der Waals surface area (Å²) < 4.78 is 6.66. The lowest BCUT2D eigenvalue weighted by Crippen LogP contribution is -2.42. The third-order valence-electron chi connectivity index (χ3n) is 4.26. The number of nitrogens with one attached hydrogen (secondary N) is 2. The molecule has 9 nitrogen and oxygen atoms in total. The van der Waals surface area contributed by atoms with E-state index in [1.807, 2.05) is 37.4 Å². The molecule has 0 aliphatic heterocycles. The number of imide groups is 1. The first-order chi connectivity index (χ1) is 15.0. The summed E-state index contributed by atoms with van der Waals surface area (Å²) in [5, 5.41) is 10.9. The van der Waals surface area contributed by atoms with Crippen molar-refractivity contribution in [3.05, 3.63) is 64.2 Å². The van der Waals surface area contributed by atoms with Crippen LogP contribution in [0.3, 0.4) is 0 Å². The van der Waals surface area contributed by atoms with Crippen LogP contribution in [0.15, 0.2) is 48.1 Å². The second-order valence-electron chi connectivity index (χ2n) is 6.91. The van der Waals surface area contributed by atoms with Gasteiger partial charge in [-0.2, -0.15) is 5.10 Å². The number of carbonyl (C=O) groups excluding carboxylic acids is 3. The summed E-state index contributed by atoms with van der Waals surface area (Å²) in [5.74, 6) is -0.887. The van der Waals surface area contributed by atoms with Crippen molar-refractivity contribution in [1.82, 2.24) is 25.4 Å². The Hall–Kier alpha value is -3.53. The van der Waals surface area contributed by atoms with Crippen LogP contribution in [-0.4, -0.2) is 45.8 Å². The second kappa shape index (κ2) is 10.5. The molecule has 0 unspecified atom stereocenters. The highest BCUT2D eigenvalue weighted by Crippen LogP contribution is 2.22. The third kappa shape index (κ3) is 5.98. The number of carbonyl (C=O) groups is 3. The van der Waals surface area contributed by atoms with E-state index in [4.69, 9.17) is 4.74 Å². The second-order valence-corrected chi connectivity index (χ2v) is 7.94. The van der Waals surface area contributed by atoms with Crippen LogP contribution in [0.2, 0.25) is 0 Å². The zero-order valence-electron chi connectivity index (χ0n) is 17.2. The summed E-state index contributed by atoms with van der Waals surface area (Å²) in [6.07, 6.45) is 3.70. The summed E-state index contributed by atoms with van der Waals surface area (Å²) in [4.78, 5) is 41.7. The molecule has 31 heavy (non-hydrogen) atoms. The van der Waals surface area contributed by atoms with Crippen molar-refractivity contribution in [3.8, 4) is 5.82 Å². The lowest BCUT2D eigenvalue weighted by atomic mass is 10.1. The van der Waals surface area contributed by atoms with E-state index in [1.165, 1.54) is 6.20 Å². The van der Waals surface area contributed by atoms with Gasteiger partial charge in [0.2, 0.25) is 0 Å². The number of hydrogen-bond donors (Lipinski definition) is 2. The first kappa shape index (κ1) is 22.2. The van der Waals surface area contributed by atoms with Gasteiger partial charge in [-0.25, -0.2) is 19.3 Å². The Morgan fingerprint density at radius 3 is 2.71 bits per heavy atom. The summed E-state index contributed by atoms with van der Waals surface area (Å²) in [6, 6.07) is 8.65. The molecular weight excluding hydrogens is 418 g/mol. The van der Waals surface area contributed by atoms with Gasteiger partial charge in [0.15, 0.2) is 12.4 Å². The van der Waals surface area contributed by atoms with Crippen LogP contribution in [-0.2, 0) is 16.0 Å². The van der Waals surface area contributed by atoms with Gasteiger partial charge in [-0.15, -0.1) is 11.3 Å². The molecule has 3 aromatic heterocycles. The lowest BCUT2D eigenvalue weighted by Gasteiger charge is -2.12. The fourth-order valence-corrected chi connectivity index (χ4v) is 3.61. The molecular formula is C21H23N5O4S. The average molecular weight is 442 g/mol. The molecule has 0 fully saturated rings. The molecule has 0 atom stereocenters. The Bertz CT molecular complexity index is 1030. The lowest BCUT2D eigenvalue weighted by molar-refractivity contribution is -0.123. The monoisotopic (exact) mass is 441 g/mol. The van der Waals surface area contributed by atoms with E-state index < -0.39 is 24.5 Å². The van der Waals surface area contributed by atoms with Gasteiger partial charge in [-0.05, 0) is 35.9 Å². The van der Waals surface area contributed by atoms with Gasteiger partial charge < -0.3 is 10.1 Å². The van der Waals surface area contributed by atoms with Gasteiger partial charge in [0.25, 0.3) is 5.91 Å². The van der Waals surface area contributed by atoms with Crippen molar-refractivity contribution in [2.75, 3.05) is 13.2 Å². The minimum atomic E-state index is -0.717. The molecule has 2 N–H and O–H groups in total. The number of rotatable bonds is 8. The van der Waals surface area contributed by atoms with E-state index >= 15 is 0 Å². The predicted molar refractivity (Wildman–Crippen MR) is 115 cm³/mol. The van der Waals surface area contributed by atoms with Gasteiger partial charge in [-0.1, -0.05) is 26.0 Å². The van der Waals surface area contributed by atoms with Crippen molar-refractivity contribution in [1.29, 1.82) is 0 Å². The molecule has 0 aliphatic carbocycles. The van der Waals surface area contributed by atoms with Crippen molar-refractivity contribution in [2.24, 2.45) is 0 Å². The number of hydrogen-bond acceptors (Lipinski definition) is 7. The quantitative estimate of drug-likeness (QED) is 0.520. The highest BCUT2D eigenvalue weighted by atomic mass is 32.1. The molecule has 0 saturated heterocycles. The fraction of sp³-hybridized carbons (Fsp3) is 0.286. The first-order valence-electron chi connectivity index (χ1n) is 9.72. The largest absolute Gasteiger partial charge is 0.452 e. The van der Waals surface area contributed by atoms with Crippen LogP contribution in [0.25, 0.3) is 5.82 Å². The zero-order valence-corrected chi connectivity index (χ0v) is 18.0. The van der Waals surface area contributed by atoms with Crippen LogP contribution in [0, 0.1) is 0 Å². The number of thiophene rings is 1. The van der Waals surface area contributed by atoms with E-state index in [0.717, 1.165) is 4.88 Å². The topological polar surface area (TPSA) is 115 Å². The van der Waals surface area contributed by atoms with Gasteiger partial charge in [0.1, 0.15) is 5.56 Å². The molecule has 0 radical (unpaired) electrons.